The van der Waals surface area contributed by atoms with Gasteiger partial charge in [0.15, 0.2) is 22.9 Å². The summed E-state index contributed by atoms with van der Waals surface area (Å²) in [6, 6.07) is -7.90. The van der Waals surface area contributed by atoms with E-state index in [1.54, 1.807) is 76.4 Å². The predicted molar refractivity (Wildman–Crippen MR) is 371 cm³/mol. The number of H-pyrrole nitrogens is 1. The molecule has 6 heterocycles. The predicted octanol–water partition coefficient (Wildman–Crippen LogP) is 0.795. The van der Waals surface area contributed by atoms with Crippen LogP contribution in [-0.2, 0) is 57.4 Å². The van der Waals surface area contributed by atoms with E-state index in [9.17, 15) is 57.5 Å². The van der Waals surface area contributed by atoms with Crippen molar-refractivity contribution in [1.29, 1.82) is 0 Å². The third-order valence-corrected chi connectivity index (χ3v) is 18.7. The average Bonchev–Trinajstić information content (AvgIpc) is 1.51. The number of likely N-dealkylation sites (N-methyl/N-ethyl adjacent to an activating group) is 4. The van der Waals surface area contributed by atoms with E-state index in [1.807, 2.05) is 0 Å². The Balaban J connectivity index is 0.00000103. The fourth-order valence-corrected chi connectivity index (χ4v) is 13.0. The summed E-state index contributed by atoms with van der Waals surface area (Å²) in [5, 5.41) is 19.6. The van der Waals surface area contributed by atoms with Gasteiger partial charge in [-0.1, -0.05) is 66.7 Å². The van der Waals surface area contributed by atoms with E-state index in [-0.39, 0.29) is 65.4 Å². The maximum Gasteiger partial charge on any atom is 0.329 e. The molecule has 0 bridgehead atoms. The summed E-state index contributed by atoms with van der Waals surface area (Å²) in [7, 11) is 9.01. The van der Waals surface area contributed by atoms with E-state index in [2.05, 4.69) is 41.6 Å². The minimum absolute atomic E-state index is 0.0763. The highest BCUT2D eigenvalue weighted by atomic mass is 16.6. The number of hydrogen-bond donors (Lipinski definition) is 7. The van der Waals surface area contributed by atoms with Gasteiger partial charge in [-0.3, -0.25) is 62.5 Å². The van der Waals surface area contributed by atoms with Crippen LogP contribution in [0.1, 0.15) is 137 Å². The van der Waals surface area contributed by atoms with E-state index in [0.717, 1.165) is 9.80 Å². The first-order chi connectivity index (χ1) is 48.2. The van der Waals surface area contributed by atoms with Crippen molar-refractivity contribution in [3.05, 3.63) is 56.6 Å². The van der Waals surface area contributed by atoms with E-state index >= 15 is 9.59 Å². The number of primary amides is 1. The average molecular weight is 1440 g/mol. The summed E-state index contributed by atoms with van der Waals surface area (Å²) < 4.78 is 18.3. The number of anilines is 1. The lowest BCUT2D eigenvalue weighted by Gasteiger charge is -2.36. The van der Waals surface area contributed by atoms with Crippen LogP contribution in [0.15, 0.2) is 38.0 Å². The number of carbonyl (C=O) groups excluding carboxylic acids is 13. The number of fused-ring (bicyclic) bond motifs is 4. The molecule has 0 radical (unpaired) electrons. The maximum atomic E-state index is 15.2. The molecule has 1 aromatic heterocycles. The molecule has 0 spiro atoms. The molecular formula is C68H96N18O17. The Bertz CT molecular complexity index is 4030. The molecule has 4 fully saturated rings. The van der Waals surface area contributed by atoms with Crippen LogP contribution >= 0.6 is 0 Å². The first-order valence-corrected chi connectivity index (χ1v) is 34.1. The van der Waals surface area contributed by atoms with Gasteiger partial charge in [0.2, 0.25) is 52.7 Å². The Morgan fingerprint density at radius 1 is 0.660 bits per heavy atom. The molecule has 9 N–H and O–H groups in total. The lowest BCUT2D eigenvalue weighted by atomic mass is 9.98. The summed E-state index contributed by atoms with van der Waals surface area (Å²) >= 11 is 0. The number of aromatic amines is 1. The van der Waals surface area contributed by atoms with Crippen molar-refractivity contribution >= 4 is 99.5 Å². The second kappa shape index (κ2) is 33.0. The molecule has 1 aliphatic carbocycles. The summed E-state index contributed by atoms with van der Waals surface area (Å²) in [5.41, 5.74) is 8.69. The van der Waals surface area contributed by atoms with E-state index in [1.165, 1.54) is 92.0 Å². The Kier molecular flexibility index (Phi) is 25.5. The molecule has 35 heteroatoms. The summed E-state index contributed by atoms with van der Waals surface area (Å²) in [6.45, 7) is 18.4. The number of carbonyl (C=O) groups is 13. The van der Waals surface area contributed by atoms with Gasteiger partial charge in [0.1, 0.15) is 71.8 Å². The Hall–Kier alpha value is -10.6. The zero-order valence-corrected chi connectivity index (χ0v) is 61.5. The van der Waals surface area contributed by atoms with Gasteiger partial charge in [0, 0.05) is 60.9 Å². The number of nitrogens with one attached hydrogen (secondary N) is 5. The Labute approximate surface area is 595 Å². The number of esters is 2. The molecule has 103 heavy (non-hydrogen) atoms. The molecule has 1 aromatic carbocycles. The number of nitrogens with zero attached hydrogens (tertiary/aromatic N) is 11. The number of amides is 11. The van der Waals surface area contributed by atoms with Gasteiger partial charge in [0.05, 0.1) is 36.2 Å². The summed E-state index contributed by atoms with van der Waals surface area (Å²) in [6.07, 6.45) is -0.313. The molecule has 2 aromatic rings. The number of imidazole rings is 1. The number of hydrogen-bond acceptors (Lipinski definition) is 22. The number of nitrogens with two attached hydrogens (primary N) is 2. The minimum Gasteiger partial charge on any atom is -0.458 e. The Morgan fingerprint density at radius 2 is 1.12 bits per heavy atom. The van der Waals surface area contributed by atoms with Gasteiger partial charge in [-0.2, -0.15) is 0 Å². The second-order valence-electron chi connectivity index (χ2n) is 28.0. The highest BCUT2D eigenvalue weighted by Gasteiger charge is 2.47. The van der Waals surface area contributed by atoms with E-state index < -0.39 is 197 Å². The highest BCUT2D eigenvalue weighted by molar-refractivity contribution is 6.10. The molecule has 6 aliphatic rings. The van der Waals surface area contributed by atoms with Crippen molar-refractivity contribution in [3.63, 3.8) is 0 Å². The number of nitrogen functional groups attached to an aromatic ring is 1. The van der Waals surface area contributed by atoms with Gasteiger partial charge in [-0.25, -0.2) is 19.6 Å². The minimum atomic E-state index is -1.88. The molecule has 8 rings (SSSR count). The van der Waals surface area contributed by atoms with Crippen LogP contribution in [0.3, 0.4) is 0 Å². The van der Waals surface area contributed by atoms with Crippen molar-refractivity contribution in [1.82, 2.24) is 70.6 Å². The highest BCUT2D eigenvalue weighted by Crippen LogP contribution is 2.35. The SMILES string of the molecule is CN(C)/N=N/c1[nH]cnc1C(N)=O.Cc1c2oc3c(C)ccc(C(=O)NC4C(=O)NC(C(C)C)C(=O)N5CCCC5C(=O)N(C)CC(=O)N(C)C(C(C)C)C(=O)OC4C)c3nc-2c(C(=O)NC2C(=O)NC(C(C)C)C(=O)N3CCCC3C(=O)N(C)CC(=O)N(C)C(C(C)C)C(=O)OC2C)c(N)c1=O. The molecule has 4 saturated heterocycles. The third-order valence-electron chi connectivity index (χ3n) is 18.7. The number of benzene rings is 2. The first-order valence-electron chi connectivity index (χ1n) is 34.1. The molecule has 560 valence electrons. The van der Waals surface area contributed by atoms with Crippen LogP contribution in [0.25, 0.3) is 22.6 Å². The topological polar surface area (TPSA) is 460 Å². The molecule has 35 nitrogen and oxygen atoms in total. The number of cyclic esters (lactones) is 2. The van der Waals surface area contributed by atoms with Crippen molar-refractivity contribution in [2.75, 3.05) is 74.2 Å². The number of aryl methyl sites for hydroxylation is 1. The number of ether oxygens (including phenoxy) is 2. The first kappa shape index (κ1) is 79.7. The maximum absolute atomic E-state index is 15.2. The zero-order chi connectivity index (χ0) is 76.8. The van der Waals surface area contributed by atoms with Crippen LogP contribution in [-0.4, -0.2) is 255 Å². The Morgan fingerprint density at radius 3 is 1.54 bits per heavy atom. The second-order valence-corrected chi connectivity index (χ2v) is 28.0. The van der Waals surface area contributed by atoms with Crippen LogP contribution in [0.2, 0.25) is 0 Å². The molecule has 11 amide bonds. The molecule has 0 saturated carbocycles. The molecule has 10 atom stereocenters. The van der Waals surface area contributed by atoms with Gasteiger partial charge >= 0.3 is 11.9 Å². The van der Waals surface area contributed by atoms with Crippen molar-refractivity contribution < 1.29 is 76.2 Å². The standard InChI is InChI=1S/C62H86N12O16.C6H10N6O/c1-27(2)42-59(84)73-23-17-19-36(73)57(82)69(13)25-38(75)71(15)48(29(5)6)61(86)88-33(11)44(55(80)65-42)67-53(78)35-22-21-31(9)51-46(35)64-47-40(41(63)50(77)32(10)52(47)90-51)54(79)68-45-34(12)89-62(87)49(30(7)8)72(16)39(76)26-70(14)58(83)37-20-18-24-74(37)60(85)43(28(3)4)66-56(45)81;1-12(2)11-10-6-4(5(7)13)8-3-9-6/h21-22,27-30,33-34,36-37,42-45,48-49H,17-20,23-26,63H2,1-16H3,(H,65,80)(H,66,81)(H,67,78)(H,68,79);3H,1-2H3,(H2,7,13)(H,8,9)/b;11-10+. The largest absolute Gasteiger partial charge is 0.458 e. The van der Waals surface area contributed by atoms with Crippen LogP contribution in [0, 0.1) is 37.5 Å². The molecule has 10 unspecified atom stereocenters. The van der Waals surface area contributed by atoms with Crippen LogP contribution in [0.4, 0.5) is 11.5 Å². The fourth-order valence-electron chi connectivity index (χ4n) is 13.0. The fraction of sp³-hybridized carbons (Fsp3) is 0.588. The van der Waals surface area contributed by atoms with Gasteiger partial charge in [-0.05, 0) is 88.7 Å². The van der Waals surface area contributed by atoms with Crippen LogP contribution < -0.4 is 38.2 Å². The smallest absolute Gasteiger partial charge is 0.329 e. The summed E-state index contributed by atoms with van der Waals surface area (Å²) in [4.78, 5) is 216. The quantitative estimate of drug-likeness (QED) is 0.0359. The van der Waals surface area contributed by atoms with Crippen molar-refractivity contribution in [3.8, 4) is 11.5 Å². The summed E-state index contributed by atoms with van der Waals surface area (Å²) in [5.74, 6) is -12.7. The monoisotopic (exact) mass is 1440 g/mol. The van der Waals surface area contributed by atoms with Crippen LogP contribution in [0.5, 0.6) is 0 Å². The van der Waals surface area contributed by atoms with Gasteiger partial charge in [0.25, 0.3) is 17.7 Å². The molecule has 5 aliphatic heterocycles. The number of rotatable bonds is 11. The van der Waals surface area contributed by atoms with E-state index in [4.69, 9.17) is 30.3 Å². The normalized spacial score (nSPS) is 24.3. The third kappa shape index (κ3) is 17.3. The van der Waals surface area contributed by atoms with Crippen molar-refractivity contribution in [2.24, 2.45) is 39.7 Å². The van der Waals surface area contributed by atoms with Gasteiger partial charge in [-0.15, -0.1) is 5.11 Å². The lowest BCUT2D eigenvalue weighted by molar-refractivity contribution is -0.163. The van der Waals surface area contributed by atoms with Crippen molar-refractivity contribution in [2.45, 2.75) is 169 Å². The zero-order valence-electron chi connectivity index (χ0n) is 61.5. The van der Waals surface area contributed by atoms with Gasteiger partial charge < -0.3 is 81.0 Å². The lowest BCUT2D eigenvalue weighted by Crippen LogP contribution is -2.61. The molecular weight excluding hydrogens is 1340 g/mol. The number of aromatic nitrogens is 3. The van der Waals surface area contributed by atoms with E-state index in [0.29, 0.717) is 18.4 Å².